The lowest BCUT2D eigenvalue weighted by molar-refractivity contribution is -0.115. The van der Waals surface area contributed by atoms with Crippen LogP contribution in [0.2, 0.25) is 0 Å². The average Bonchev–Trinajstić information content (AvgIpc) is 2.90. The number of thiophene rings is 1. The van der Waals surface area contributed by atoms with Crippen LogP contribution in [0.3, 0.4) is 0 Å². The van der Waals surface area contributed by atoms with Gasteiger partial charge in [-0.1, -0.05) is 43.0 Å². The summed E-state index contributed by atoms with van der Waals surface area (Å²) in [6.45, 7) is 2.04. The molecule has 1 amide bonds. The van der Waals surface area contributed by atoms with E-state index in [9.17, 15) is 4.79 Å². The van der Waals surface area contributed by atoms with Crippen LogP contribution in [-0.4, -0.2) is 10.2 Å². The quantitative estimate of drug-likeness (QED) is 0.678. The van der Waals surface area contributed by atoms with Crippen molar-refractivity contribution in [3.05, 3.63) is 38.9 Å². The number of hydrogen-bond donors (Lipinski definition) is 1. The second-order valence-electron chi connectivity index (χ2n) is 3.40. The maximum absolute atomic E-state index is 11.6. The molecule has 17 heavy (non-hydrogen) atoms. The van der Waals surface area contributed by atoms with Crippen molar-refractivity contribution < 1.29 is 4.79 Å². The average molecular weight is 281 g/mol. The van der Waals surface area contributed by atoms with E-state index in [-0.39, 0.29) is 5.91 Å². The number of thioether (sulfide) groups is 1. The standard InChI is InChI=1S/C12H11NOS3/c1-2-8(5-6-9-4-3-7-16-9)10-11(14)13-12(15)17-10/h3-7H,2H2,1H3,(H,13,14,15). The van der Waals surface area contributed by atoms with Gasteiger partial charge in [-0.15, -0.1) is 11.3 Å². The molecule has 1 aliphatic rings. The largest absolute Gasteiger partial charge is 0.307 e. The molecule has 1 N–H and O–H groups in total. The molecule has 1 saturated heterocycles. The summed E-state index contributed by atoms with van der Waals surface area (Å²) in [5.41, 5.74) is 1.03. The van der Waals surface area contributed by atoms with E-state index in [0.29, 0.717) is 4.32 Å². The van der Waals surface area contributed by atoms with Crippen LogP contribution in [0.25, 0.3) is 6.08 Å². The highest BCUT2D eigenvalue weighted by Crippen LogP contribution is 2.29. The van der Waals surface area contributed by atoms with Gasteiger partial charge in [-0.05, 0) is 29.5 Å². The number of rotatable bonds is 3. The summed E-state index contributed by atoms with van der Waals surface area (Å²) < 4.78 is 0.542. The summed E-state index contributed by atoms with van der Waals surface area (Å²) >= 11 is 8.00. The Kier molecular flexibility index (Phi) is 4.15. The molecule has 0 aromatic carbocycles. The number of nitrogens with one attached hydrogen (secondary N) is 1. The predicted molar refractivity (Wildman–Crippen MR) is 79.0 cm³/mol. The summed E-state index contributed by atoms with van der Waals surface area (Å²) in [4.78, 5) is 13.5. The van der Waals surface area contributed by atoms with Crippen molar-refractivity contribution in [1.82, 2.24) is 5.32 Å². The van der Waals surface area contributed by atoms with Gasteiger partial charge >= 0.3 is 0 Å². The van der Waals surface area contributed by atoms with Crippen molar-refractivity contribution in [3.63, 3.8) is 0 Å². The lowest BCUT2D eigenvalue weighted by Gasteiger charge is -1.99. The van der Waals surface area contributed by atoms with E-state index in [1.54, 1.807) is 11.3 Å². The van der Waals surface area contributed by atoms with E-state index < -0.39 is 0 Å². The molecule has 1 aliphatic heterocycles. The molecule has 0 atom stereocenters. The summed E-state index contributed by atoms with van der Waals surface area (Å²) in [5, 5.41) is 4.67. The normalized spacial score (nSPS) is 18.9. The van der Waals surface area contributed by atoms with Crippen LogP contribution in [-0.2, 0) is 4.79 Å². The molecule has 0 radical (unpaired) electrons. The number of amides is 1. The fraction of sp³-hybridized carbons (Fsp3) is 0.167. The van der Waals surface area contributed by atoms with E-state index in [4.69, 9.17) is 12.2 Å². The van der Waals surface area contributed by atoms with Crippen LogP contribution < -0.4 is 5.32 Å². The number of carbonyl (C=O) groups excluding carboxylic acids is 1. The number of hydrogen-bond acceptors (Lipinski definition) is 4. The molecule has 2 heterocycles. The molecule has 0 unspecified atom stereocenters. The Hall–Kier alpha value is -0.910. The zero-order valence-electron chi connectivity index (χ0n) is 9.23. The topological polar surface area (TPSA) is 29.1 Å². The Balaban J connectivity index is 2.25. The van der Waals surface area contributed by atoms with E-state index in [0.717, 1.165) is 16.9 Å². The molecule has 0 spiro atoms. The predicted octanol–water partition coefficient (Wildman–Crippen LogP) is 3.57. The smallest absolute Gasteiger partial charge is 0.263 e. The van der Waals surface area contributed by atoms with Gasteiger partial charge in [0, 0.05) is 4.88 Å². The number of thiocarbonyl (C=S) groups is 1. The molecule has 1 aromatic heterocycles. The van der Waals surface area contributed by atoms with Gasteiger partial charge in [0.2, 0.25) is 0 Å². The van der Waals surface area contributed by atoms with Crippen molar-refractivity contribution in [2.24, 2.45) is 0 Å². The van der Waals surface area contributed by atoms with Crippen LogP contribution in [0.5, 0.6) is 0 Å². The summed E-state index contributed by atoms with van der Waals surface area (Å²) in [5.74, 6) is -0.0762. The van der Waals surface area contributed by atoms with Crippen molar-refractivity contribution in [3.8, 4) is 0 Å². The van der Waals surface area contributed by atoms with E-state index in [2.05, 4.69) is 5.32 Å². The molecule has 0 bridgehead atoms. The minimum atomic E-state index is -0.0762. The number of allylic oxidation sites excluding steroid dienone is 2. The Morgan fingerprint density at radius 2 is 2.41 bits per heavy atom. The first-order chi connectivity index (χ1) is 8.20. The maximum atomic E-state index is 11.6. The Bertz CT molecular complexity index is 500. The molecule has 0 aliphatic carbocycles. The van der Waals surface area contributed by atoms with Crippen molar-refractivity contribution in [2.75, 3.05) is 0 Å². The summed E-state index contributed by atoms with van der Waals surface area (Å²) in [6, 6.07) is 4.06. The Labute approximate surface area is 114 Å². The van der Waals surface area contributed by atoms with Gasteiger partial charge in [-0.25, -0.2) is 0 Å². The van der Waals surface area contributed by atoms with Gasteiger partial charge in [0.15, 0.2) is 0 Å². The van der Waals surface area contributed by atoms with Crippen LogP contribution >= 0.6 is 35.3 Å². The van der Waals surface area contributed by atoms with E-state index >= 15 is 0 Å². The van der Waals surface area contributed by atoms with Crippen molar-refractivity contribution in [1.29, 1.82) is 0 Å². The third kappa shape index (κ3) is 3.06. The minimum absolute atomic E-state index is 0.0762. The molecule has 0 saturated carbocycles. The molecule has 1 aromatic rings. The van der Waals surface area contributed by atoms with Crippen LogP contribution in [0, 0.1) is 0 Å². The third-order valence-corrected chi connectivity index (χ3v) is 4.41. The van der Waals surface area contributed by atoms with Gasteiger partial charge in [0.1, 0.15) is 4.32 Å². The SMILES string of the molecule is CCC(C=Cc1cccs1)=C1SC(=S)NC1=O. The van der Waals surface area contributed by atoms with Gasteiger partial charge in [-0.3, -0.25) is 4.79 Å². The lowest BCUT2D eigenvalue weighted by atomic mass is 10.1. The summed E-state index contributed by atoms with van der Waals surface area (Å²) in [6.07, 6.45) is 4.85. The van der Waals surface area contributed by atoms with Gasteiger partial charge in [-0.2, -0.15) is 0 Å². The molecular weight excluding hydrogens is 270 g/mol. The fourth-order valence-corrected chi connectivity index (χ4v) is 3.23. The van der Waals surface area contributed by atoms with Crippen LogP contribution in [0.15, 0.2) is 34.1 Å². The summed E-state index contributed by atoms with van der Waals surface area (Å²) in [7, 11) is 0. The van der Waals surface area contributed by atoms with Crippen LogP contribution in [0.1, 0.15) is 18.2 Å². The van der Waals surface area contributed by atoms with E-state index in [1.807, 2.05) is 36.6 Å². The Morgan fingerprint density at radius 1 is 1.59 bits per heavy atom. The first-order valence-electron chi connectivity index (χ1n) is 5.18. The molecule has 1 fully saturated rings. The molecule has 2 nitrogen and oxygen atoms in total. The second-order valence-corrected chi connectivity index (χ2v) is 6.07. The Morgan fingerprint density at radius 3 is 2.94 bits per heavy atom. The maximum Gasteiger partial charge on any atom is 0.263 e. The molecule has 2 rings (SSSR count). The molecule has 88 valence electrons. The molecular formula is C12H11NOS3. The van der Waals surface area contributed by atoms with Crippen LogP contribution in [0.4, 0.5) is 0 Å². The highest BCUT2D eigenvalue weighted by atomic mass is 32.2. The molecule has 5 heteroatoms. The zero-order chi connectivity index (χ0) is 12.3. The first kappa shape index (κ1) is 12.5. The van der Waals surface area contributed by atoms with Gasteiger partial charge < -0.3 is 5.32 Å². The highest BCUT2D eigenvalue weighted by Gasteiger charge is 2.24. The lowest BCUT2D eigenvalue weighted by Crippen LogP contribution is -2.18. The monoisotopic (exact) mass is 281 g/mol. The van der Waals surface area contributed by atoms with Crippen molar-refractivity contribution >= 4 is 51.6 Å². The van der Waals surface area contributed by atoms with Crippen molar-refractivity contribution in [2.45, 2.75) is 13.3 Å². The first-order valence-corrected chi connectivity index (χ1v) is 7.29. The van der Waals surface area contributed by atoms with E-state index in [1.165, 1.54) is 16.6 Å². The second kappa shape index (κ2) is 5.62. The van der Waals surface area contributed by atoms with Gasteiger partial charge in [0.25, 0.3) is 5.91 Å². The minimum Gasteiger partial charge on any atom is -0.307 e. The zero-order valence-corrected chi connectivity index (χ0v) is 11.7. The fourth-order valence-electron chi connectivity index (χ4n) is 1.45. The van der Waals surface area contributed by atoms with Gasteiger partial charge in [0.05, 0.1) is 4.91 Å². The third-order valence-electron chi connectivity index (χ3n) is 2.28. The highest BCUT2D eigenvalue weighted by molar-refractivity contribution is 8.26. The number of carbonyl (C=O) groups is 1.